The Morgan fingerprint density at radius 3 is 2.70 bits per heavy atom. The number of carbonyl (C=O) groups excluding carboxylic acids is 2. The van der Waals surface area contributed by atoms with E-state index in [0.29, 0.717) is 17.3 Å². The fourth-order valence-corrected chi connectivity index (χ4v) is 3.91. The maximum absolute atomic E-state index is 12.7. The van der Waals surface area contributed by atoms with E-state index >= 15 is 0 Å². The molecular weight excluding hydrogens is 400 g/mol. The Bertz CT molecular complexity index is 1150. The first-order chi connectivity index (χ1) is 14.4. The van der Waals surface area contributed by atoms with Gasteiger partial charge in [-0.2, -0.15) is 5.10 Å². The molecule has 6 nitrogen and oxygen atoms in total. The fourth-order valence-electron chi connectivity index (χ4n) is 3.72. The van der Waals surface area contributed by atoms with Crippen LogP contribution in [0.1, 0.15) is 36.2 Å². The molecule has 4 rings (SSSR count). The van der Waals surface area contributed by atoms with E-state index in [1.54, 1.807) is 10.7 Å². The van der Waals surface area contributed by atoms with Crippen LogP contribution in [0.25, 0.3) is 11.1 Å². The Kier molecular flexibility index (Phi) is 5.35. The molecule has 0 radical (unpaired) electrons. The number of hydrogen-bond donors (Lipinski definition) is 2. The lowest BCUT2D eigenvalue weighted by atomic mass is 10.0. The predicted octanol–water partition coefficient (Wildman–Crippen LogP) is 4.90. The summed E-state index contributed by atoms with van der Waals surface area (Å²) in [5, 5.41) is 11.1. The van der Waals surface area contributed by atoms with Gasteiger partial charge in [0, 0.05) is 16.3 Å². The third-order valence-corrected chi connectivity index (χ3v) is 5.68. The van der Waals surface area contributed by atoms with Crippen LogP contribution in [0.4, 0.5) is 11.5 Å². The van der Waals surface area contributed by atoms with E-state index in [0.717, 1.165) is 33.6 Å². The number of aromatic nitrogens is 2. The Hall–Kier alpha value is -3.12. The molecule has 2 aromatic carbocycles. The molecule has 1 aromatic heterocycles. The number of amides is 2. The molecule has 1 aliphatic heterocycles. The van der Waals surface area contributed by atoms with Crippen LogP contribution in [0.15, 0.2) is 42.5 Å². The monoisotopic (exact) mass is 422 g/mol. The van der Waals surface area contributed by atoms with Gasteiger partial charge in [0.1, 0.15) is 11.9 Å². The SMILES string of the molecule is CCc1nn2c(c1-c1cccc(Cl)c1)NC(=O)C2CC(=O)Nc1ccc(C)c(C)c1. The van der Waals surface area contributed by atoms with Crippen molar-refractivity contribution in [2.75, 3.05) is 10.6 Å². The summed E-state index contributed by atoms with van der Waals surface area (Å²) in [6.45, 7) is 6.02. The lowest BCUT2D eigenvalue weighted by Gasteiger charge is -2.11. The van der Waals surface area contributed by atoms with Gasteiger partial charge in [0.2, 0.25) is 5.91 Å². The number of benzene rings is 2. The topological polar surface area (TPSA) is 76.0 Å². The lowest BCUT2D eigenvalue weighted by molar-refractivity contribution is -0.123. The van der Waals surface area contributed by atoms with Gasteiger partial charge < -0.3 is 10.6 Å². The van der Waals surface area contributed by atoms with Crippen LogP contribution in [0, 0.1) is 13.8 Å². The third-order valence-electron chi connectivity index (χ3n) is 5.44. The van der Waals surface area contributed by atoms with Crippen LogP contribution in [0.3, 0.4) is 0 Å². The van der Waals surface area contributed by atoms with Crippen molar-refractivity contribution in [1.82, 2.24) is 9.78 Å². The van der Waals surface area contributed by atoms with Crippen molar-refractivity contribution >= 4 is 34.9 Å². The van der Waals surface area contributed by atoms with Crippen molar-refractivity contribution in [3.05, 3.63) is 64.3 Å². The smallest absolute Gasteiger partial charge is 0.251 e. The van der Waals surface area contributed by atoms with Crippen LogP contribution in [0.5, 0.6) is 0 Å². The van der Waals surface area contributed by atoms with Crippen molar-refractivity contribution < 1.29 is 9.59 Å². The number of halogens is 1. The zero-order valence-corrected chi connectivity index (χ0v) is 17.9. The normalized spacial score (nSPS) is 15.1. The average molecular weight is 423 g/mol. The van der Waals surface area contributed by atoms with Gasteiger partial charge in [-0.05, 0) is 61.2 Å². The molecule has 0 fully saturated rings. The first-order valence-electron chi connectivity index (χ1n) is 9.92. The summed E-state index contributed by atoms with van der Waals surface area (Å²) >= 11 is 6.16. The number of fused-ring (bicyclic) bond motifs is 1. The van der Waals surface area contributed by atoms with Crippen molar-refractivity contribution in [3.63, 3.8) is 0 Å². The Morgan fingerprint density at radius 1 is 1.20 bits per heavy atom. The minimum atomic E-state index is -0.690. The number of nitrogens with one attached hydrogen (secondary N) is 2. The second-order valence-electron chi connectivity index (χ2n) is 7.54. The molecule has 2 heterocycles. The maximum Gasteiger partial charge on any atom is 0.251 e. The molecule has 0 aliphatic carbocycles. The second kappa shape index (κ2) is 7.95. The minimum Gasteiger partial charge on any atom is -0.326 e. The van der Waals surface area contributed by atoms with E-state index in [1.165, 1.54) is 0 Å². The molecule has 1 atom stereocenters. The van der Waals surface area contributed by atoms with Crippen LogP contribution >= 0.6 is 11.6 Å². The van der Waals surface area contributed by atoms with Crippen molar-refractivity contribution in [1.29, 1.82) is 0 Å². The molecule has 1 unspecified atom stereocenters. The summed E-state index contributed by atoms with van der Waals surface area (Å²) in [7, 11) is 0. The van der Waals surface area contributed by atoms with Gasteiger partial charge >= 0.3 is 0 Å². The van der Waals surface area contributed by atoms with Gasteiger partial charge in [-0.1, -0.05) is 36.7 Å². The van der Waals surface area contributed by atoms with Crippen LogP contribution < -0.4 is 10.6 Å². The van der Waals surface area contributed by atoms with E-state index in [1.807, 2.05) is 57.2 Å². The summed E-state index contributed by atoms with van der Waals surface area (Å²) < 4.78 is 1.64. The highest BCUT2D eigenvalue weighted by molar-refractivity contribution is 6.30. The standard InChI is InChI=1S/C23H23ClN4O2/c1-4-18-21(15-6-5-7-16(24)11-15)22-26-23(30)19(28(22)27-18)12-20(29)25-17-9-8-13(2)14(3)10-17/h5-11,19H,4,12H2,1-3H3,(H,25,29)(H,26,30). The average Bonchev–Trinajstić information content (AvgIpc) is 3.20. The van der Waals surface area contributed by atoms with E-state index in [2.05, 4.69) is 15.7 Å². The highest BCUT2D eigenvalue weighted by Gasteiger charge is 2.36. The molecule has 0 saturated carbocycles. The number of hydrogen-bond acceptors (Lipinski definition) is 3. The zero-order chi connectivity index (χ0) is 21.4. The van der Waals surface area contributed by atoms with E-state index in [9.17, 15) is 9.59 Å². The molecule has 7 heteroatoms. The van der Waals surface area contributed by atoms with Crippen LogP contribution in [0.2, 0.25) is 5.02 Å². The van der Waals surface area contributed by atoms with E-state index in [-0.39, 0.29) is 18.2 Å². The highest BCUT2D eigenvalue weighted by atomic mass is 35.5. The van der Waals surface area contributed by atoms with Crippen molar-refractivity contribution in [2.24, 2.45) is 0 Å². The number of rotatable bonds is 5. The maximum atomic E-state index is 12.7. The van der Waals surface area contributed by atoms with Gasteiger partial charge in [0.15, 0.2) is 0 Å². The summed E-state index contributed by atoms with van der Waals surface area (Å²) in [6.07, 6.45) is 0.699. The van der Waals surface area contributed by atoms with Gasteiger partial charge in [-0.3, -0.25) is 9.59 Å². The molecule has 154 valence electrons. The second-order valence-corrected chi connectivity index (χ2v) is 7.97. The molecule has 1 aliphatic rings. The first kappa shape index (κ1) is 20.2. The van der Waals surface area contributed by atoms with Crippen molar-refractivity contribution in [2.45, 2.75) is 39.7 Å². The summed E-state index contributed by atoms with van der Waals surface area (Å²) in [6, 6.07) is 12.5. The first-order valence-corrected chi connectivity index (χ1v) is 10.3. The number of nitrogens with zero attached hydrogens (tertiary/aromatic N) is 2. The molecule has 0 saturated heterocycles. The fraction of sp³-hybridized carbons (Fsp3) is 0.261. The summed E-state index contributed by atoms with van der Waals surface area (Å²) in [5.41, 5.74) is 5.57. The molecule has 30 heavy (non-hydrogen) atoms. The number of aryl methyl sites for hydroxylation is 3. The molecule has 0 spiro atoms. The molecular formula is C23H23ClN4O2. The molecule has 2 amide bonds. The van der Waals surface area contributed by atoms with Crippen LogP contribution in [-0.4, -0.2) is 21.6 Å². The Balaban J connectivity index is 1.61. The number of carbonyl (C=O) groups is 2. The molecule has 2 N–H and O–H groups in total. The summed E-state index contributed by atoms with van der Waals surface area (Å²) in [5.74, 6) is 0.144. The van der Waals surface area contributed by atoms with Gasteiger partial charge in [-0.15, -0.1) is 0 Å². The zero-order valence-electron chi connectivity index (χ0n) is 17.1. The van der Waals surface area contributed by atoms with Gasteiger partial charge in [-0.25, -0.2) is 4.68 Å². The largest absolute Gasteiger partial charge is 0.326 e. The van der Waals surface area contributed by atoms with Gasteiger partial charge in [0.25, 0.3) is 5.91 Å². The van der Waals surface area contributed by atoms with E-state index < -0.39 is 6.04 Å². The Morgan fingerprint density at radius 2 is 2.00 bits per heavy atom. The van der Waals surface area contributed by atoms with Crippen LogP contribution in [-0.2, 0) is 16.0 Å². The quantitative estimate of drug-likeness (QED) is 0.613. The molecule has 3 aromatic rings. The van der Waals surface area contributed by atoms with E-state index in [4.69, 9.17) is 11.6 Å². The minimum absolute atomic E-state index is 0.00553. The third kappa shape index (κ3) is 3.71. The number of anilines is 2. The Labute approximate surface area is 180 Å². The summed E-state index contributed by atoms with van der Waals surface area (Å²) in [4.78, 5) is 25.3. The van der Waals surface area contributed by atoms with Gasteiger partial charge in [0.05, 0.1) is 12.1 Å². The molecule has 0 bridgehead atoms. The van der Waals surface area contributed by atoms with Crippen molar-refractivity contribution in [3.8, 4) is 11.1 Å². The highest BCUT2D eigenvalue weighted by Crippen LogP contribution is 2.39. The predicted molar refractivity (Wildman–Crippen MR) is 119 cm³/mol. The lowest BCUT2D eigenvalue weighted by Crippen LogP contribution is -2.24.